The summed E-state index contributed by atoms with van der Waals surface area (Å²) in [7, 11) is -1.42. The fourth-order valence-corrected chi connectivity index (χ4v) is 4.62. The van der Waals surface area contributed by atoms with Crippen LogP contribution < -0.4 is 5.32 Å². The van der Waals surface area contributed by atoms with E-state index in [-0.39, 0.29) is 11.8 Å². The van der Waals surface area contributed by atoms with Gasteiger partial charge in [-0.2, -0.15) is 11.8 Å². The summed E-state index contributed by atoms with van der Waals surface area (Å²) in [4.78, 5) is 2.22. The Balaban J connectivity index is 2.48. The molecule has 0 bridgehead atoms. The summed E-state index contributed by atoms with van der Waals surface area (Å²) in [6, 6.07) is 0.114. The Hall–Kier alpha value is 0.180. The van der Waals surface area contributed by atoms with Gasteiger partial charge < -0.3 is 5.32 Å². The van der Waals surface area contributed by atoms with Crippen LogP contribution in [0.3, 0.4) is 0 Å². The maximum absolute atomic E-state index is 12.3. The van der Waals surface area contributed by atoms with Crippen LogP contribution in [-0.2, 0) is 10.0 Å². The number of hydrogen-bond donors (Lipinski definition) is 1. The molecule has 1 atom stereocenters. The summed E-state index contributed by atoms with van der Waals surface area (Å²) in [5.74, 6) is 1.09. The van der Waals surface area contributed by atoms with Crippen molar-refractivity contribution in [1.29, 1.82) is 0 Å². The third-order valence-electron chi connectivity index (χ3n) is 3.66. The largest absolute Gasteiger partial charge is 0.314 e. The quantitative estimate of drug-likeness (QED) is 0.699. The second kappa shape index (κ2) is 8.46. The second-order valence-corrected chi connectivity index (χ2v) is 8.00. The van der Waals surface area contributed by atoms with Crippen molar-refractivity contribution in [2.45, 2.75) is 19.4 Å². The van der Waals surface area contributed by atoms with Gasteiger partial charge in [0.15, 0.2) is 0 Å². The molecular formula is C12H27N3O2S2. The van der Waals surface area contributed by atoms with Crippen LogP contribution in [0.4, 0.5) is 0 Å². The average molecular weight is 310 g/mol. The van der Waals surface area contributed by atoms with Crippen LogP contribution in [0.15, 0.2) is 0 Å². The van der Waals surface area contributed by atoms with Gasteiger partial charge in [0.1, 0.15) is 0 Å². The molecule has 0 aromatic heterocycles. The van der Waals surface area contributed by atoms with E-state index in [1.165, 1.54) is 0 Å². The van der Waals surface area contributed by atoms with E-state index in [9.17, 15) is 8.42 Å². The number of nitrogens with one attached hydrogen (secondary N) is 1. The Morgan fingerprint density at radius 3 is 2.53 bits per heavy atom. The number of sulfonamides is 1. The zero-order chi connectivity index (χ0) is 14.3. The molecule has 1 aliphatic heterocycles. The molecule has 114 valence electrons. The lowest BCUT2D eigenvalue weighted by Gasteiger charge is -2.30. The van der Waals surface area contributed by atoms with E-state index in [2.05, 4.69) is 10.2 Å². The van der Waals surface area contributed by atoms with Gasteiger partial charge in [-0.1, -0.05) is 6.92 Å². The normalized spacial score (nSPS) is 19.8. The van der Waals surface area contributed by atoms with E-state index >= 15 is 0 Å². The lowest BCUT2D eigenvalue weighted by Crippen LogP contribution is -2.47. The minimum atomic E-state index is -3.14. The smallest absolute Gasteiger partial charge is 0.215 e. The summed E-state index contributed by atoms with van der Waals surface area (Å²) in [5.41, 5.74) is 0. The van der Waals surface area contributed by atoms with Crippen LogP contribution in [0, 0.1) is 0 Å². The van der Waals surface area contributed by atoms with Gasteiger partial charge in [-0.15, -0.1) is 0 Å². The van der Waals surface area contributed by atoms with Crippen molar-refractivity contribution in [3.05, 3.63) is 0 Å². The van der Waals surface area contributed by atoms with Crippen LogP contribution in [0.5, 0.6) is 0 Å². The van der Waals surface area contributed by atoms with Crippen molar-refractivity contribution in [2.24, 2.45) is 0 Å². The number of rotatable bonds is 8. The highest BCUT2D eigenvalue weighted by atomic mass is 32.2. The SMILES string of the molecule is CCC(CSC)N(C)S(=O)(=O)CCN1CCNCC1. The molecule has 1 rings (SSSR count). The minimum Gasteiger partial charge on any atom is -0.314 e. The van der Waals surface area contributed by atoms with E-state index in [1.54, 1.807) is 23.1 Å². The van der Waals surface area contributed by atoms with Crippen molar-refractivity contribution in [2.75, 3.05) is 57.5 Å². The Bertz CT molecular complexity index is 343. The van der Waals surface area contributed by atoms with Crippen LogP contribution in [0.25, 0.3) is 0 Å². The molecule has 1 unspecified atom stereocenters. The molecule has 1 heterocycles. The standard InChI is InChI=1S/C12H27N3O2S2/c1-4-12(11-18-3)14(2)19(16,17)10-9-15-7-5-13-6-8-15/h12-13H,4-11H2,1-3H3. The van der Waals surface area contributed by atoms with E-state index in [4.69, 9.17) is 0 Å². The Morgan fingerprint density at radius 2 is 2.00 bits per heavy atom. The summed E-state index contributed by atoms with van der Waals surface area (Å²) < 4.78 is 26.2. The molecule has 7 heteroatoms. The molecule has 0 amide bonds. The molecule has 0 saturated carbocycles. The molecule has 1 aliphatic rings. The van der Waals surface area contributed by atoms with Crippen LogP contribution in [0.1, 0.15) is 13.3 Å². The van der Waals surface area contributed by atoms with Crippen molar-refractivity contribution >= 4 is 21.8 Å². The van der Waals surface area contributed by atoms with Crippen molar-refractivity contribution < 1.29 is 8.42 Å². The Labute approximate surface area is 122 Å². The molecule has 19 heavy (non-hydrogen) atoms. The van der Waals surface area contributed by atoms with Crippen molar-refractivity contribution in [3.63, 3.8) is 0 Å². The predicted octanol–water partition coefficient (Wildman–Crippen LogP) is 0.295. The third-order valence-corrected chi connectivity index (χ3v) is 6.25. The first-order valence-corrected chi connectivity index (χ1v) is 9.89. The number of hydrogen-bond acceptors (Lipinski definition) is 5. The lowest BCUT2D eigenvalue weighted by atomic mass is 10.3. The molecule has 1 fully saturated rings. The average Bonchev–Trinajstić information content (AvgIpc) is 2.43. The summed E-state index contributed by atoms with van der Waals surface area (Å²) in [6.45, 7) is 6.50. The number of nitrogens with zero attached hydrogens (tertiary/aromatic N) is 2. The van der Waals surface area contributed by atoms with Crippen LogP contribution >= 0.6 is 11.8 Å². The first-order valence-electron chi connectivity index (χ1n) is 6.89. The zero-order valence-corrected chi connectivity index (χ0v) is 13.9. The summed E-state index contributed by atoms with van der Waals surface area (Å²) >= 11 is 1.70. The summed E-state index contributed by atoms with van der Waals surface area (Å²) in [5, 5.41) is 3.27. The molecule has 0 aliphatic carbocycles. The highest BCUT2D eigenvalue weighted by Crippen LogP contribution is 2.13. The number of piperazine rings is 1. The van der Waals surface area contributed by atoms with Crippen LogP contribution in [0.2, 0.25) is 0 Å². The molecular weight excluding hydrogens is 282 g/mol. The van der Waals surface area contributed by atoms with Gasteiger partial charge in [0.05, 0.1) is 5.75 Å². The maximum Gasteiger partial charge on any atom is 0.215 e. The second-order valence-electron chi connectivity index (χ2n) is 4.94. The lowest BCUT2D eigenvalue weighted by molar-refractivity contribution is 0.252. The molecule has 0 aromatic carbocycles. The molecule has 5 nitrogen and oxygen atoms in total. The van der Waals surface area contributed by atoms with Gasteiger partial charge in [-0.3, -0.25) is 4.90 Å². The third kappa shape index (κ3) is 5.59. The van der Waals surface area contributed by atoms with Gasteiger partial charge in [-0.25, -0.2) is 12.7 Å². The fraction of sp³-hybridized carbons (Fsp3) is 1.00. The van der Waals surface area contributed by atoms with E-state index in [1.807, 2.05) is 13.2 Å². The molecule has 0 radical (unpaired) electrons. The topological polar surface area (TPSA) is 52.7 Å². The highest BCUT2D eigenvalue weighted by Gasteiger charge is 2.25. The van der Waals surface area contributed by atoms with Crippen LogP contribution in [-0.4, -0.2) is 81.2 Å². The highest BCUT2D eigenvalue weighted by molar-refractivity contribution is 7.98. The van der Waals surface area contributed by atoms with Gasteiger partial charge in [0.25, 0.3) is 0 Å². The Morgan fingerprint density at radius 1 is 1.37 bits per heavy atom. The molecule has 1 N–H and O–H groups in total. The van der Waals surface area contributed by atoms with Crippen molar-refractivity contribution in [3.8, 4) is 0 Å². The minimum absolute atomic E-state index is 0.114. The number of thioether (sulfide) groups is 1. The molecule has 0 spiro atoms. The van der Waals surface area contributed by atoms with Gasteiger partial charge in [0.2, 0.25) is 10.0 Å². The summed E-state index contributed by atoms with van der Waals surface area (Å²) in [6.07, 6.45) is 2.88. The first-order chi connectivity index (χ1) is 9.01. The first kappa shape index (κ1) is 17.2. The van der Waals surface area contributed by atoms with E-state index < -0.39 is 10.0 Å². The fourth-order valence-electron chi connectivity index (χ4n) is 2.22. The van der Waals surface area contributed by atoms with Gasteiger partial charge in [0, 0.05) is 51.6 Å². The zero-order valence-electron chi connectivity index (χ0n) is 12.3. The van der Waals surface area contributed by atoms with Gasteiger partial charge in [-0.05, 0) is 12.7 Å². The predicted molar refractivity (Wildman–Crippen MR) is 83.3 cm³/mol. The monoisotopic (exact) mass is 309 g/mol. The molecule has 1 saturated heterocycles. The maximum atomic E-state index is 12.3. The van der Waals surface area contributed by atoms with Crippen molar-refractivity contribution in [1.82, 2.24) is 14.5 Å². The molecule has 0 aromatic rings. The van der Waals surface area contributed by atoms with E-state index in [0.29, 0.717) is 6.54 Å². The Kier molecular flexibility index (Phi) is 7.68. The van der Waals surface area contributed by atoms with E-state index in [0.717, 1.165) is 38.4 Å². The van der Waals surface area contributed by atoms with Gasteiger partial charge >= 0.3 is 0 Å².